The summed E-state index contributed by atoms with van der Waals surface area (Å²) in [6, 6.07) is 9.56. The molecule has 3 heterocycles. The summed E-state index contributed by atoms with van der Waals surface area (Å²) in [6.07, 6.45) is 7.48. The van der Waals surface area contributed by atoms with Crippen molar-refractivity contribution in [3.63, 3.8) is 0 Å². The van der Waals surface area contributed by atoms with Crippen LogP contribution in [-0.4, -0.2) is 32.2 Å². The molecule has 0 bridgehead atoms. The Labute approximate surface area is 164 Å². The van der Waals surface area contributed by atoms with E-state index in [1.165, 1.54) is 0 Å². The second kappa shape index (κ2) is 7.88. The van der Waals surface area contributed by atoms with E-state index in [-0.39, 0.29) is 12.1 Å². The SMILES string of the molecule is Cc1c(NC(=O)N2CCCCCC2c2ccco2)cccc1-c1nncn1C. The van der Waals surface area contributed by atoms with Gasteiger partial charge in [-0.3, -0.25) is 0 Å². The second-order valence-electron chi connectivity index (χ2n) is 7.25. The van der Waals surface area contributed by atoms with Crippen LogP contribution in [0.15, 0.2) is 47.3 Å². The van der Waals surface area contributed by atoms with Gasteiger partial charge in [0.2, 0.25) is 0 Å². The normalized spacial score (nSPS) is 17.4. The number of carbonyl (C=O) groups is 1. The third-order valence-corrected chi connectivity index (χ3v) is 5.41. The van der Waals surface area contributed by atoms with Gasteiger partial charge in [0.05, 0.1) is 12.3 Å². The van der Waals surface area contributed by atoms with E-state index in [2.05, 4.69) is 15.5 Å². The maximum atomic E-state index is 13.2. The minimum absolute atomic E-state index is 0.0280. The first-order chi connectivity index (χ1) is 13.6. The number of carbonyl (C=O) groups excluding carboxylic acids is 1. The van der Waals surface area contributed by atoms with Gasteiger partial charge in [-0.05, 0) is 43.5 Å². The van der Waals surface area contributed by atoms with E-state index in [1.54, 1.807) is 12.6 Å². The predicted octanol–water partition coefficient (Wildman–Crippen LogP) is 4.53. The zero-order valence-corrected chi connectivity index (χ0v) is 16.3. The standard InChI is InChI=1S/C21H25N5O2/c1-15-16(20-24-22-14-25(20)2)8-6-9-17(15)23-21(27)26-12-5-3-4-10-18(26)19-11-7-13-28-19/h6-9,11,13-14,18H,3-5,10,12H2,1-2H3,(H,23,27). The fourth-order valence-electron chi connectivity index (χ4n) is 3.86. The molecule has 1 atom stereocenters. The van der Waals surface area contributed by atoms with Crippen molar-refractivity contribution in [3.05, 3.63) is 54.2 Å². The van der Waals surface area contributed by atoms with Crippen LogP contribution in [0, 0.1) is 6.92 Å². The molecule has 28 heavy (non-hydrogen) atoms. The summed E-state index contributed by atoms with van der Waals surface area (Å²) in [5, 5.41) is 11.3. The van der Waals surface area contributed by atoms with Gasteiger partial charge in [-0.25, -0.2) is 4.79 Å². The summed E-state index contributed by atoms with van der Waals surface area (Å²) in [5.74, 6) is 1.62. The molecule has 1 N–H and O–H groups in total. The molecular weight excluding hydrogens is 354 g/mol. The molecule has 3 aromatic rings. The summed E-state index contributed by atoms with van der Waals surface area (Å²) >= 11 is 0. The third kappa shape index (κ3) is 3.52. The zero-order valence-electron chi connectivity index (χ0n) is 16.3. The maximum Gasteiger partial charge on any atom is 0.322 e. The Hall–Kier alpha value is -3.09. The number of hydrogen-bond donors (Lipinski definition) is 1. The quantitative estimate of drug-likeness (QED) is 0.725. The average Bonchev–Trinajstić information content (AvgIpc) is 3.30. The number of nitrogens with zero attached hydrogens (tertiary/aromatic N) is 4. The Morgan fingerprint density at radius 3 is 2.86 bits per heavy atom. The second-order valence-corrected chi connectivity index (χ2v) is 7.25. The van der Waals surface area contributed by atoms with Crippen molar-refractivity contribution in [1.29, 1.82) is 0 Å². The summed E-state index contributed by atoms with van der Waals surface area (Å²) in [4.78, 5) is 15.1. The minimum atomic E-state index is -0.0958. The Morgan fingerprint density at radius 1 is 1.21 bits per heavy atom. The average molecular weight is 379 g/mol. The number of aryl methyl sites for hydroxylation is 1. The van der Waals surface area contributed by atoms with Crippen molar-refractivity contribution in [3.8, 4) is 11.4 Å². The lowest BCUT2D eigenvalue weighted by molar-refractivity contribution is 0.179. The van der Waals surface area contributed by atoms with E-state index in [0.717, 1.165) is 60.6 Å². The number of nitrogens with one attached hydrogen (secondary N) is 1. The fraction of sp³-hybridized carbons (Fsp3) is 0.381. The van der Waals surface area contributed by atoms with Crippen molar-refractivity contribution in [1.82, 2.24) is 19.7 Å². The fourth-order valence-corrected chi connectivity index (χ4v) is 3.86. The molecule has 1 saturated heterocycles. The largest absolute Gasteiger partial charge is 0.467 e. The molecule has 146 valence electrons. The van der Waals surface area contributed by atoms with E-state index in [4.69, 9.17) is 4.42 Å². The van der Waals surface area contributed by atoms with Gasteiger partial charge < -0.3 is 19.2 Å². The minimum Gasteiger partial charge on any atom is -0.467 e. The molecule has 0 aliphatic carbocycles. The van der Waals surface area contributed by atoms with E-state index >= 15 is 0 Å². The summed E-state index contributed by atoms with van der Waals surface area (Å²) < 4.78 is 7.50. The van der Waals surface area contributed by atoms with Crippen LogP contribution in [0.5, 0.6) is 0 Å². The van der Waals surface area contributed by atoms with E-state index < -0.39 is 0 Å². The summed E-state index contributed by atoms with van der Waals surface area (Å²) in [6.45, 7) is 2.71. The van der Waals surface area contributed by atoms with Crippen LogP contribution in [0.3, 0.4) is 0 Å². The number of aromatic nitrogens is 3. The van der Waals surface area contributed by atoms with Crippen LogP contribution < -0.4 is 5.32 Å². The van der Waals surface area contributed by atoms with Gasteiger partial charge in [0, 0.05) is 24.8 Å². The van der Waals surface area contributed by atoms with Crippen molar-refractivity contribution in [2.75, 3.05) is 11.9 Å². The van der Waals surface area contributed by atoms with E-state index in [9.17, 15) is 4.79 Å². The Kier molecular flexibility index (Phi) is 5.14. The van der Waals surface area contributed by atoms with Gasteiger partial charge in [0.15, 0.2) is 5.82 Å². The first-order valence-corrected chi connectivity index (χ1v) is 9.70. The number of likely N-dealkylation sites (tertiary alicyclic amines) is 1. The first-order valence-electron chi connectivity index (χ1n) is 9.70. The van der Waals surface area contributed by atoms with Gasteiger partial charge in [-0.1, -0.05) is 25.0 Å². The van der Waals surface area contributed by atoms with E-state index in [1.807, 2.05) is 53.8 Å². The number of rotatable bonds is 3. The molecule has 1 fully saturated rings. The van der Waals surface area contributed by atoms with Gasteiger partial charge >= 0.3 is 6.03 Å². The van der Waals surface area contributed by atoms with Crippen LogP contribution in [0.4, 0.5) is 10.5 Å². The lowest BCUT2D eigenvalue weighted by atomic mass is 10.1. The van der Waals surface area contributed by atoms with Crippen molar-refractivity contribution in [2.45, 2.75) is 38.6 Å². The van der Waals surface area contributed by atoms with Gasteiger partial charge in [0.25, 0.3) is 0 Å². The predicted molar refractivity (Wildman–Crippen MR) is 107 cm³/mol. The van der Waals surface area contributed by atoms with Crippen LogP contribution in [0.25, 0.3) is 11.4 Å². The lowest BCUT2D eigenvalue weighted by Crippen LogP contribution is -2.38. The topological polar surface area (TPSA) is 76.2 Å². The molecule has 1 aromatic carbocycles. The molecule has 4 rings (SSSR count). The Bertz CT molecular complexity index is 948. The van der Waals surface area contributed by atoms with Crippen LogP contribution in [0.2, 0.25) is 0 Å². The molecule has 1 aliphatic heterocycles. The third-order valence-electron chi connectivity index (χ3n) is 5.41. The highest BCUT2D eigenvalue weighted by atomic mass is 16.3. The van der Waals surface area contributed by atoms with Crippen LogP contribution in [0.1, 0.15) is 43.0 Å². The molecule has 7 heteroatoms. The molecule has 0 spiro atoms. The highest BCUT2D eigenvalue weighted by Gasteiger charge is 2.29. The van der Waals surface area contributed by atoms with Gasteiger partial charge in [-0.2, -0.15) is 0 Å². The summed E-state index contributed by atoms with van der Waals surface area (Å²) in [5.41, 5.74) is 2.71. The molecule has 1 unspecified atom stereocenters. The summed E-state index contributed by atoms with van der Waals surface area (Å²) in [7, 11) is 1.91. The van der Waals surface area contributed by atoms with Crippen molar-refractivity contribution in [2.24, 2.45) is 7.05 Å². The van der Waals surface area contributed by atoms with Crippen molar-refractivity contribution < 1.29 is 9.21 Å². The number of anilines is 1. The first kappa shape index (κ1) is 18.3. The van der Waals surface area contributed by atoms with Gasteiger partial charge in [-0.15, -0.1) is 10.2 Å². The molecule has 7 nitrogen and oxygen atoms in total. The van der Waals surface area contributed by atoms with Crippen molar-refractivity contribution >= 4 is 11.7 Å². The Balaban J connectivity index is 1.60. The molecule has 2 aromatic heterocycles. The van der Waals surface area contributed by atoms with E-state index in [0.29, 0.717) is 0 Å². The van der Waals surface area contributed by atoms with Crippen LogP contribution >= 0.6 is 0 Å². The number of urea groups is 1. The maximum absolute atomic E-state index is 13.2. The lowest BCUT2D eigenvalue weighted by Gasteiger charge is -2.29. The van der Waals surface area contributed by atoms with Crippen LogP contribution in [-0.2, 0) is 7.05 Å². The molecule has 0 radical (unpaired) electrons. The number of amides is 2. The highest BCUT2D eigenvalue weighted by Crippen LogP contribution is 2.32. The Morgan fingerprint density at radius 2 is 2.11 bits per heavy atom. The smallest absolute Gasteiger partial charge is 0.322 e. The van der Waals surface area contributed by atoms with Gasteiger partial charge in [0.1, 0.15) is 12.1 Å². The number of furan rings is 1. The monoisotopic (exact) mass is 379 g/mol. The molecule has 0 saturated carbocycles. The molecule has 2 amide bonds. The molecule has 1 aliphatic rings. The highest BCUT2D eigenvalue weighted by molar-refractivity contribution is 5.91. The number of hydrogen-bond acceptors (Lipinski definition) is 4. The molecular formula is C21H25N5O2. The zero-order chi connectivity index (χ0) is 19.5. The number of benzene rings is 1.